The Hall–Kier alpha value is -0.0800. The lowest BCUT2D eigenvalue weighted by molar-refractivity contribution is 0.253. The molecule has 11 heavy (non-hydrogen) atoms. The maximum atomic E-state index is 6.03. The number of rotatable bonds is 1. The highest BCUT2D eigenvalue weighted by molar-refractivity contribution is 4.97. The Morgan fingerprint density at radius 1 is 1.45 bits per heavy atom. The topological polar surface area (TPSA) is 52.0 Å². The summed E-state index contributed by atoms with van der Waals surface area (Å²) in [6, 6.07) is 0.315. The van der Waals surface area contributed by atoms with E-state index in [4.69, 9.17) is 11.5 Å². The summed E-state index contributed by atoms with van der Waals surface area (Å²) in [5.41, 5.74) is 12.1. The molecule has 3 atom stereocenters. The molecule has 0 saturated heterocycles. The standard InChI is InChI=1S/C9H20N2/c1-6-4-9(2,3)7(5-10)8(6)11/h6-8H,4-5,10-11H2,1-3H3. The summed E-state index contributed by atoms with van der Waals surface area (Å²) in [5.74, 6) is 1.15. The molecule has 0 aromatic rings. The molecule has 0 amide bonds. The first-order chi connectivity index (χ1) is 4.99. The zero-order valence-corrected chi connectivity index (χ0v) is 7.80. The largest absolute Gasteiger partial charge is 0.330 e. The minimum atomic E-state index is 0.315. The zero-order valence-electron chi connectivity index (χ0n) is 7.80. The molecule has 1 aliphatic rings. The first-order valence-electron chi connectivity index (χ1n) is 4.44. The van der Waals surface area contributed by atoms with Gasteiger partial charge in [0.25, 0.3) is 0 Å². The maximum absolute atomic E-state index is 6.03. The zero-order chi connectivity index (χ0) is 8.65. The van der Waals surface area contributed by atoms with Crippen LogP contribution in [0.2, 0.25) is 0 Å². The van der Waals surface area contributed by atoms with Crippen LogP contribution in [0.5, 0.6) is 0 Å². The molecular weight excluding hydrogens is 136 g/mol. The molecule has 4 N–H and O–H groups in total. The maximum Gasteiger partial charge on any atom is 0.0110 e. The third-order valence-corrected chi connectivity index (χ3v) is 3.23. The average Bonchev–Trinajstić information content (AvgIpc) is 2.03. The summed E-state index contributed by atoms with van der Waals surface area (Å²) >= 11 is 0. The van der Waals surface area contributed by atoms with Crippen molar-refractivity contribution in [2.45, 2.75) is 33.2 Å². The molecule has 66 valence electrons. The van der Waals surface area contributed by atoms with Crippen molar-refractivity contribution < 1.29 is 0 Å². The summed E-state index contributed by atoms with van der Waals surface area (Å²) in [6.07, 6.45) is 1.22. The molecule has 0 radical (unpaired) electrons. The highest BCUT2D eigenvalue weighted by atomic mass is 14.8. The van der Waals surface area contributed by atoms with Crippen molar-refractivity contribution in [3.63, 3.8) is 0 Å². The Kier molecular flexibility index (Phi) is 2.26. The normalized spacial score (nSPS) is 42.8. The van der Waals surface area contributed by atoms with Gasteiger partial charge in [-0.25, -0.2) is 0 Å². The van der Waals surface area contributed by atoms with Crippen LogP contribution in [-0.2, 0) is 0 Å². The molecule has 0 aromatic carbocycles. The molecule has 1 rings (SSSR count). The molecule has 1 aliphatic carbocycles. The van der Waals surface area contributed by atoms with Gasteiger partial charge in [-0.1, -0.05) is 20.8 Å². The lowest BCUT2D eigenvalue weighted by Gasteiger charge is -2.27. The van der Waals surface area contributed by atoms with Gasteiger partial charge in [0.05, 0.1) is 0 Å². The van der Waals surface area contributed by atoms with Crippen LogP contribution in [0.3, 0.4) is 0 Å². The minimum Gasteiger partial charge on any atom is -0.330 e. The SMILES string of the molecule is CC1CC(C)(C)C(CN)C1N. The third-order valence-electron chi connectivity index (χ3n) is 3.23. The molecule has 0 aliphatic heterocycles. The summed E-state index contributed by atoms with van der Waals surface area (Å²) in [5, 5.41) is 0. The fourth-order valence-electron chi connectivity index (χ4n) is 2.51. The highest BCUT2D eigenvalue weighted by Crippen LogP contribution is 2.44. The van der Waals surface area contributed by atoms with Gasteiger partial charge in [0.1, 0.15) is 0 Å². The molecule has 2 nitrogen and oxygen atoms in total. The molecule has 1 saturated carbocycles. The Morgan fingerprint density at radius 3 is 2.18 bits per heavy atom. The molecule has 1 fully saturated rings. The van der Waals surface area contributed by atoms with Crippen LogP contribution >= 0.6 is 0 Å². The van der Waals surface area contributed by atoms with Crippen LogP contribution in [0, 0.1) is 17.3 Å². The summed E-state index contributed by atoms with van der Waals surface area (Å²) < 4.78 is 0. The summed E-state index contributed by atoms with van der Waals surface area (Å²) in [4.78, 5) is 0. The molecular formula is C9H20N2. The first-order valence-corrected chi connectivity index (χ1v) is 4.44. The van der Waals surface area contributed by atoms with Gasteiger partial charge in [-0.3, -0.25) is 0 Å². The number of hydrogen-bond donors (Lipinski definition) is 2. The van der Waals surface area contributed by atoms with Crippen molar-refractivity contribution >= 4 is 0 Å². The molecule has 0 spiro atoms. The summed E-state index contributed by atoms with van der Waals surface area (Å²) in [6.45, 7) is 7.50. The quantitative estimate of drug-likeness (QED) is 0.594. The van der Waals surface area contributed by atoms with Crippen molar-refractivity contribution in [3.8, 4) is 0 Å². The van der Waals surface area contributed by atoms with Gasteiger partial charge in [-0.05, 0) is 30.2 Å². The molecule has 0 heterocycles. The van der Waals surface area contributed by atoms with Gasteiger partial charge in [0.2, 0.25) is 0 Å². The Morgan fingerprint density at radius 2 is 2.00 bits per heavy atom. The van der Waals surface area contributed by atoms with Gasteiger partial charge >= 0.3 is 0 Å². The van der Waals surface area contributed by atoms with Crippen molar-refractivity contribution in [1.29, 1.82) is 0 Å². The van der Waals surface area contributed by atoms with Gasteiger partial charge in [-0.15, -0.1) is 0 Å². The fourth-order valence-corrected chi connectivity index (χ4v) is 2.51. The Labute approximate surface area is 69.3 Å². The van der Waals surface area contributed by atoms with Crippen LogP contribution in [0.25, 0.3) is 0 Å². The van der Waals surface area contributed by atoms with Crippen LogP contribution in [0.1, 0.15) is 27.2 Å². The van der Waals surface area contributed by atoms with Crippen LogP contribution in [-0.4, -0.2) is 12.6 Å². The predicted octanol–water partition coefficient (Wildman–Crippen LogP) is 0.955. The second-order valence-corrected chi connectivity index (χ2v) is 4.59. The average molecular weight is 156 g/mol. The summed E-state index contributed by atoms with van der Waals surface area (Å²) in [7, 11) is 0. The van der Waals surface area contributed by atoms with Crippen LogP contribution in [0.15, 0.2) is 0 Å². The van der Waals surface area contributed by atoms with Gasteiger partial charge < -0.3 is 11.5 Å². The number of hydrogen-bond acceptors (Lipinski definition) is 2. The smallest absolute Gasteiger partial charge is 0.0110 e. The van der Waals surface area contributed by atoms with E-state index in [9.17, 15) is 0 Å². The molecule has 0 bridgehead atoms. The van der Waals surface area contributed by atoms with E-state index in [-0.39, 0.29) is 0 Å². The third kappa shape index (κ3) is 1.42. The van der Waals surface area contributed by atoms with E-state index in [1.165, 1.54) is 6.42 Å². The van der Waals surface area contributed by atoms with Crippen molar-refractivity contribution in [2.24, 2.45) is 28.7 Å². The van der Waals surface area contributed by atoms with Crippen LogP contribution in [0.4, 0.5) is 0 Å². The Balaban J connectivity index is 2.73. The number of nitrogens with two attached hydrogens (primary N) is 2. The lowest BCUT2D eigenvalue weighted by atomic mass is 9.81. The van der Waals surface area contributed by atoms with E-state index < -0.39 is 0 Å². The van der Waals surface area contributed by atoms with Crippen molar-refractivity contribution in [2.75, 3.05) is 6.54 Å². The van der Waals surface area contributed by atoms with Crippen molar-refractivity contribution in [3.05, 3.63) is 0 Å². The van der Waals surface area contributed by atoms with Crippen molar-refractivity contribution in [1.82, 2.24) is 0 Å². The first kappa shape index (κ1) is 9.01. The van der Waals surface area contributed by atoms with Crippen LogP contribution < -0.4 is 11.5 Å². The fraction of sp³-hybridized carbons (Fsp3) is 1.00. The molecule has 3 unspecified atom stereocenters. The van der Waals surface area contributed by atoms with E-state index in [2.05, 4.69) is 20.8 Å². The second-order valence-electron chi connectivity index (χ2n) is 4.59. The van der Waals surface area contributed by atoms with E-state index in [1.54, 1.807) is 0 Å². The van der Waals surface area contributed by atoms with E-state index in [0.29, 0.717) is 23.3 Å². The minimum absolute atomic E-state index is 0.315. The Bertz CT molecular complexity index is 142. The van der Waals surface area contributed by atoms with E-state index in [0.717, 1.165) is 6.54 Å². The monoisotopic (exact) mass is 156 g/mol. The molecule has 2 heteroatoms. The van der Waals surface area contributed by atoms with Gasteiger partial charge in [0, 0.05) is 6.04 Å². The lowest BCUT2D eigenvalue weighted by Crippen LogP contribution is -2.38. The van der Waals surface area contributed by atoms with Gasteiger partial charge in [0.15, 0.2) is 0 Å². The van der Waals surface area contributed by atoms with Gasteiger partial charge in [-0.2, -0.15) is 0 Å². The molecule has 0 aromatic heterocycles. The second kappa shape index (κ2) is 2.76. The predicted molar refractivity (Wildman–Crippen MR) is 48.1 cm³/mol. The van der Waals surface area contributed by atoms with E-state index in [1.807, 2.05) is 0 Å². The van der Waals surface area contributed by atoms with E-state index >= 15 is 0 Å². The highest BCUT2D eigenvalue weighted by Gasteiger charge is 2.43.